The molecule has 1 aliphatic rings. The summed E-state index contributed by atoms with van der Waals surface area (Å²) in [5, 5.41) is 20.1. The monoisotopic (exact) mass is 302 g/mol. The Balaban J connectivity index is 1.74. The van der Waals surface area contributed by atoms with Crippen LogP contribution in [0.4, 0.5) is 17.3 Å². The van der Waals surface area contributed by atoms with Gasteiger partial charge in [-0.2, -0.15) is 5.10 Å². The van der Waals surface area contributed by atoms with E-state index < -0.39 is 10.8 Å². The van der Waals surface area contributed by atoms with Gasteiger partial charge in [-0.25, -0.2) is 4.98 Å². The quantitative estimate of drug-likeness (QED) is 0.564. The number of nitrogens with two attached hydrogens (primary N) is 1. The van der Waals surface area contributed by atoms with Crippen LogP contribution in [0.15, 0.2) is 18.3 Å². The van der Waals surface area contributed by atoms with Crippen molar-refractivity contribution in [2.24, 2.45) is 5.92 Å². The van der Waals surface area contributed by atoms with Gasteiger partial charge in [0.05, 0.1) is 10.5 Å². The minimum absolute atomic E-state index is 0.0547. The number of nitro groups is 1. The fraction of sp³-hybridized carbons (Fsp3) is 0.308. The van der Waals surface area contributed by atoms with E-state index >= 15 is 0 Å². The number of pyridine rings is 1. The average molecular weight is 302 g/mol. The summed E-state index contributed by atoms with van der Waals surface area (Å²) in [6.07, 6.45) is 4.35. The molecule has 0 aliphatic heterocycles. The summed E-state index contributed by atoms with van der Waals surface area (Å²) in [6.45, 7) is 0. The number of hydrogen-bond acceptors (Lipinski definition) is 6. The zero-order valence-corrected chi connectivity index (χ0v) is 11.6. The number of rotatable bonds is 5. The smallest absolute Gasteiger partial charge is 0.288 e. The fourth-order valence-corrected chi connectivity index (χ4v) is 2.09. The molecule has 1 aliphatic carbocycles. The highest BCUT2D eigenvalue weighted by Gasteiger charge is 2.23. The first-order valence-corrected chi connectivity index (χ1v) is 6.78. The number of aromatic nitrogens is 3. The molecule has 0 unspecified atom stereocenters. The molecule has 22 heavy (non-hydrogen) atoms. The van der Waals surface area contributed by atoms with Crippen LogP contribution < -0.4 is 11.1 Å². The van der Waals surface area contributed by atoms with E-state index in [1.165, 1.54) is 12.8 Å². The number of nitrogens with one attached hydrogen (secondary N) is 2. The Labute approximate surface area is 125 Å². The predicted octanol–water partition coefficient (Wildman–Crippen LogP) is 1.50. The van der Waals surface area contributed by atoms with Crippen molar-refractivity contribution in [2.45, 2.75) is 19.3 Å². The van der Waals surface area contributed by atoms with Crippen LogP contribution in [-0.2, 0) is 6.42 Å². The first-order chi connectivity index (χ1) is 10.5. The number of aromatic amines is 1. The van der Waals surface area contributed by atoms with Crippen molar-refractivity contribution in [3.05, 3.63) is 39.7 Å². The molecule has 9 nitrogen and oxygen atoms in total. The van der Waals surface area contributed by atoms with E-state index in [4.69, 9.17) is 5.73 Å². The first-order valence-electron chi connectivity index (χ1n) is 6.78. The fourth-order valence-electron chi connectivity index (χ4n) is 2.09. The normalized spacial score (nSPS) is 13.8. The SMILES string of the molecule is Nc1ncc([N+](=O)[O-])cc1C(=O)Nc1cc(CC2CC2)[nH]n1. The van der Waals surface area contributed by atoms with Gasteiger partial charge in [0, 0.05) is 17.8 Å². The number of nitrogen functional groups attached to an aromatic ring is 1. The van der Waals surface area contributed by atoms with Gasteiger partial charge < -0.3 is 11.1 Å². The summed E-state index contributed by atoms with van der Waals surface area (Å²) in [7, 11) is 0. The molecule has 0 radical (unpaired) electrons. The van der Waals surface area contributed by atoms with Gasteiger partial charge in [-0.3, -0.25) is 20.0 Å². The lowest BCUT2D eigenvalue weighted by Crippen LogP contribution is -2.15. The number of carbonyl (C=O) groups is 1. The molecule has 2 aromatic heterocycles. The standard InChI is InChI=1S/C13H14N6O3/c14-12-10(5-9(6-15-12)19(21)22)13(20)16-11-4-8(17-18-11)3-7-1-2-7/h4-7H,1-3H2,(H2,14,15)(H2,16,17,18,20). The van der Waals surface area contributed by atoms with E-state index in [2.05, 4.69) is 20.5 Å². The third-order valence-electron chi connectivity index (χ3n) is 3.44. The highest BCUT2D eigenvalue weighted by Crippen LogP contribution is 2.32. The van der Waals surface area contributed by atoms with Crippen molar-refractivity contribution >= 4 is 23.2 Å². The highest BCUT2D eigenvalue weighted by molar-refractivity contribution is 6.07. The maximum atomic E-state index is 12.1. The maximum Gasteiger partial charge on any atom is 0.288 e. The van der Waals surface area contributed by atoms with E-state index in [1.54, 1.807) is 6.07 Å². The lowest BCUT2D eigenvalue weighted by molar-refractivity contribution is -0.385. The van der Waals surface area contributed by atoms with E-state index in [0.717, 1.165) is 24.4 Å². The average Bonchev–Trinajstić information content (AvgIpc) is 3.18. The second kappa shape index (κ2) is 5.43. The van der Waals surface area contributed by atoms with Crippen LogP contribution in [0.3, 0.4) is 0 Å². The second-order valence-corrected chi connectivity index (χ2v) is 5.26. The van der Waals surface area contributed by atoms with E-state index in [0.29, 0.717) is 11.7 Å². The molecule has 0 aromatic carbocycles. The highest BCUT2D eigenvalue weighted by atomic mass is 16.6. The van der Waals surface area contributed by atoms with Crippen LogP contribution in [0, 0.1) is 16.0 Å². The summed E-state index contributed by atoms with van der Waals surface area (Å²) < 4.78 is 0. The van der Waals surface area contributed by atoms with Crippen LogP contribution >= 0.6 is 0 Å². The minimum atomic E-state index is -0.633. The molecule has 0 atom stereocenters. The van der Waals surface area contributed by atoms with Crippen LogP contribution in [0.25, 0.3) is 0 Å². The predicted molar refractivity (Wildman–Crippen MR) is 78.3 cm³/mol. The van der Waals surface area contributed by atoms with Crippen LogP contribution in [0.5, 0.6) is 0 Å². The molecule has 1 fully saturated rings. The van der Waals surface area contributed by atoms with Crippen molar-refractivity contribution in [1.82, 2.24) is 15.2 Å². The molecule has 1 saturated carbocycles. The molecule has 3 rings (SSSR count). The molecule has 114 valence electrons. The van der Waals surface area contributed by atoms with Crippen molar-refractivity contribution in [1.29, 1.82) is 0 Å². The lowest BCUT2D eigenvalue weighted by Gasteiger charge is -2.04. The van der Waals surface area contributed by atoms with Gasteiger partial charge in [-0.05, 0) is 25.2 Å². The number of hydrogen-bond donors (Lipinski definition) is 3. The van der Waals surface area contributed by atoms with Gasteiger partial charge >= 0.3 is 0 Å². The third-order valence-corrected chi connectivity index (χ3v) is 3.44. The lowest BCUT2D eigenvalue weighted by atomic mass is 10.2. The molecular weight excluding hydrogens is 288 g/mol. The Morgan fingerprint density at radius 2 is 2.27 bits per heavy atom. The molecule has 1 amide bonds. The topological polar surface area (TPSA) is 140 Å². The van der Waals surface area contributed by atoms with Crippen LogP contribution in [0.2, 0.25) is 0 Å². The molecule has 9 heteroatoms. The van der Waals surface area contributed by atoms with E-state index in [-0.39, 0.29) is 17.1 Å². The van der Waals surface area contributed by atoms with Crippen molar-refractivity contribution in [3.8, 4) is 0 Å². The summed E-state index contributed by atoms with van der Waals surface area (Å²) in [6, 6.07) is 2.84. The Bertz CT molecular complexity index is 737. The van der Waals surface area contributed by atoms with Crippen LogP contribution in [-0.4, -0.2) is 26.0 Å². The summed E-state index contributed by atoms with van der Waals surface area (Å²) >= 11 is 0. The number of H-pyrrole nitrogens is 1. The maximum absolute atomic E-state index is 12.1. The van der Waals surface area contributed by atoms with Crippen molar-refractivity contribution in [3.63, 3.8) is 0 Å². The number of carbonyl (C=O) groups excluding carboxylic acids is 1. The van der Waals surface area contributed by atoms with E-state index in [1.807, 2.05) is 0 Å². The molecule has 2 heterocycles. The van der Waals surface area contributed by atoms with Crippen LogP contribution in [0.1, 0.15) is 28.9 Å². The molecule has 2 aromatic rings. The summed E-state index contributed by atoms with van der Waals surface area (Å²) in [5.74, 6) is 0.391. The van der Waals surface area contributed by atoms with Gasteiger partial charge in [0.1, 0.15) is 12.0 Å². The van der Waals surface area contributed by atoms with E-state index in [9.17, 15) is 14.9 Å². The molecule has 0 saturated heterocycles. The Kier molecular flexibility index (Phi) is 3.45. The Morgan fingerprint density at radius 1 is 1.50 bits per heavy atom. The number of amides is 1. The third kappa shape index (κ3) is 3.03. The molecular formula is C13H14N6O3. The van der Waals surface area contributed by atoms with Gasteiger partial charge in [0.2, 0.25) is 0 Å². The zero-order chi connectivity index (χ0) is 15.7. The van der Waals surface area contributed by atoms with Gasteiger partial charge in [-0.1, -0.05) is 0 Å². The summed E-state index contributed by atoms with van der Waals surface area (Å²) in [4.78, 5) is 25.9. The number of anilines is 2. The summed E-state index contributed by atoms with van der Waals surface area (Å²) in [5.41, 5.74) is 6.20. The molecule has 4 N–H and O–H groups in total. The van der Waals surface area contributed by atoms with Crippen molar-refractivity contribution in [2.75, 3.05) is 11.1 Å². The zero-order valence-electron chi connectivity index (χ0n) is 11.6. The van der Waals surface area contributed by atoms with Crippen molar-refractivity contribution < 1.29 is 9.72 Å². The molecule has 0 bridgehead atoms. The van der Waals surface area contributed by atoms with Gasteiger partial charge in [-0.15, -0.1) is 0 Å². The Hall–Kier alpha value is -2.97. The van der Waals surface area contributed by atoms with Gasteiger partial charge in [0.25, 0.3) is 11.6 Å². The minimum Gasteiger partial charge on any atom is -0.383 e. The number of nitrogens with zero attached hydrogens (tertiary/aromatic N) is 3. The molecule has 0 spiro atoms. The second-order valence-electron chi connectivity index (χ2n) is 5.26. The van der Waals surface area contributed by atoms with Gasteiger partial charge in [0.15, 0.2) is 5.82 Å². The Morgan fingerprint density at radius 3 is 2.95 bits per heavy atom. The largest absolute Gasteiger partial charge is 0.383 e. The first kappa shape index (κ1) is 14.0.